The molecule has 0 aromatic heterocycles. The van der Waals surface area contributed by atoms with Crippen LogP contribution in [0, 0.1) is 12.8 Å². The number of ether oxygens (including phenoxy) is 1. The molecule has 1 amide bonds. The molecule has 1 aliphatic heterocycles. The van der Waals surface area contributed by atoms with Crippen LogP contribution in [0.15, 0.2) is 24.3 Å². The van der Waals surface area contributed by atoms with E-state index >= 15 is 0 Å². The summed E-state index contributed by atoms with van der Waals surface area (Å²) in [5, 5.41) is 2.80. The van der Waals surface area contributed by atoms with Crippen molar-refractivity contribution in [1.82, 2.24) is 5.32 Å². The Morgan fingerprint density at radius 3 is 2.62 bits per heavy atom. The number of hydrogen-bond acceptors (Lipinski definition) is 4. The van der Waals surface area contributed by atoms with Gasteiger partial charge in [-0.05, 0) is 44.2 Å². The van der Waals surface area contributed by atoms with Crippen LogP contribution in [-0.4, -0.2) is 46.9 Å². The fraction of sp³-hybridized carbons (Fsp3) is 0.588. The lowest BCUT2D eigenvalue weighted by atomic mass is 10.0. The quantitative estimate of drug-likeness (QED) is 0.721. The van der Waals surface area contributed by atoms with E-state index in [4.69, 9.17) is 4.74 Å². The molecule has 0 spiro atoms. The van der Waals surface area contributed by atoms with Crippen LogP contribution in [0.3, 0.4) is 0 Å². The molecule has 1 N–H and O–H groups in total. The monoisotopic (exact) mass is 354 g/mol. The van der Waals surface area contributed by atoms with Gasteiger partial charge in [-0.15, -0.1) is 0 Å². The first-order chi connectivity index (χ1) is 11.4. The summed E-state index contributed by atoms with van der Waals surface area (Å²) in [6.07, 6.45) is 4.10. The second-order valence-electron chi connectivity index (χ2n) is 6.33. The van der Waals surface area contributed by atoms with E-state index in [0.29, 0.717) is 18.2 Å². The van der Waals surface area contributed by atoms with Crippen molar-refractivity contribution in [3.63, 3.8) is 0 Å². The van der Waals surface area contributed by atoms with Crippen molar-refractivity contribution in [2.24, 2.45) is 5.92 Å². The normalized spacial score (nSPS) is 17.7. The third kappa shape index (κ3) is 5.79. The molecule has 0 radical (unpaired) electrons. The number of nitrogens with zero attached hydrogens (tertiary/aromatic N) is 1. The van der Waals surface area contributed by atoms with E-state index in [2.05, 4.69) is 5.32 Å². The van der Waals surface area contributed by atoms with Gasteiger partial charge in [0.25, 0.3) is 0 Å². The first-order valence-electron chi connectivity index (χ1n) is 8.25. The number of carbonyl (C=O) groups excluding carboxylic acids is 1. The molecule has 134 valence electrons. The Kier molecular flexibility index (Phi) is 6.62. The van der Waals surface area contributed by atoms with Gasteiger partial charge in [-0.3, -0.25) is 9.10 Å². The van der Waals surface area contributed by atoms with Crippen molar-refractivity contribution in [2.75, 3.05) is 36.9 Å². The zero-order valence-electron chi connectivity index (χ0n) is 14.3. The number of benzene rings is 1. The predicted octanol–water partition coefficient (Wildman–Crippen LogP) is 1.69. The summed E-state index contributed by atoms with van der Waals surface area (Å²) in [7, 11) is -3.51. The highest BCUT2D eigenvalue weighted by molar-refractivity contribution is 7.92. The maximum Gasteiger partial charge on any atom is 0.240 e. The molecule has 1 saturated heterocycles. The Bertz CT molecular complexity index is 637. The van der Waals surface area contributed by atoms with Crippen LogP contribution in [0.4, 0.5) is 5.69 Å². The number of anilines is 1. The lowest BCUT2D eigenvalue weighted by Crippen LogP contribution is -2.40. The lowest BCUT2D eigenvalue weighted by molar-refractivity contribution is -0.119. The Labute approximate surface area is 144 Å². The lowest BCUT2D eigenvalue weighted by Gasteiger charge is -2.22. The minimum absolute atomic E-state index is 0.200. The molecule has 1 fully saturated rings. The number of sulfonamides is 1. The molecular formula is C17H26N2O4S. The van der Waals surface area contributed by atoms with Crippen LogP contribution in [0.2, 0.25) is 0 Å². The number of nitrogens with one attached hydrogen (secondary N) is 1. The molecule has 1 aliphatic rings. The summed E-state index contributed by atoms with van der Waals surface area (Å²) in [5.41, 5.74) is 1.54. The van der Waals surface area contributed by atoms with Crippen molar-refractivity contribution in [1.29, 1.82) is 0 Å². The first-order valence-corrected chi connectivity index (χ1v) is 10.1. The van der Waals surface area contributed by atoms with Crippen LogP contribution in [0.5, 0.6) is 0 Å². The van der Waals surface area contributed by atoms with Gasteiger partial charge in [0.15, 0.2) is 0 Å². The molecule has 1 unspecified atom stereocenters. The van der Waals surface area contributed by atoms with E-state index in [0.717, 1.165) is 48.6 Å². The number of carbonyl (C=O) groups is 1. The fourth-order valence-electron chi connectivity index (χ4n) is 2.73. The smallest absolute Gasteiger partial charge is 0.240 e. The molecule has 0 aliphatic carbocycles. The molecule has 1 aromatic carbocycles. The van der Waals surface area contributed by atoms with E-state index in [1.807, 2.05) is 19.1 Å². The zero-order valence-corrected chi connectivity index (χ0v) is 15.1. The molecule has 0 bridgehead atoms. The Balaban J connectivity index is 1.84. The molecular weight excluding hydrogens is 328 g/mol. The van der Waals surface area contributed by atoms with E-state index in [1.165, 1.54) is 0 Å². The molecule has 6 nitrogen and oxygen atoms in total. The zero-order chi connectivity index (χ0) is 17.6. The number of hydrogen-bond donors (Lipinski definition) is 1. The van der Waals surface area contributed by atoms with Crippen molar-refractivity contribution in [3.05, 3.63) is 29.8 Å². The Morgan fingerprint density at radius 1 is 1.33 bits per heavy atom. The summed E-state index contributed by atoms with van der Waals surface area (Å²) in [4.78, 5) is 12.1. The molecule has 0 saturated carbocycles. The third-order valence-electron chi connectivity index (χ3n) is 4.14. The van der Waals surface area contributed by atoms with Crippen LogP contribution in [0.25, 0.3) is 0 Å². The molecule has 2 rings (SSSR count). The highest BCUT2D eigenvalue weighted by Gasteiger charge is 2.20. The molecule has 24 heavy (non-hydrogen) atoms. The summed E-state index contributed by atoms with van der Waals surface area (Å²) in [6, 6.07) is 7.08. The van der Waals surface area contributed by atoms with Gasteiger partial charge in [0.1, 0.15) is 6.54 Å². The Morgan fingerprint density at radius 2 is 2.04 bits per heavy atom. The number of rotatable bonds is 8. The van der Waals surface area contributed by atoms with Gasteiger partial charge in [-0.1, -0.05) is 17.7 Å². The number of aryl methyl sites for hydroxylation is 1. The second kappa shape index (κ2) is 8.48. The molecule has 1 heterocycles. The summed E-state index contributed by atoms with van der Waals surface area (Å²) >= 11 is 0. The van der Waals surface area contributed by atoms with Gasteiger partial charge in [0.05, 0.1) is 11.9 Å². The number of amides is 1. The standard InChI is InChI=1S/C17H26N2O4S/c1-14-5-7-16(8-6-14)19(24(2,21)22)12-17(20)18-10-3-4-15-9-11-23-13-15/h5-8,15H,3-4,9-13H2,1-2H3,(H,18,20). The van der Waals surface area contributed by atoms with Gasteiger partial charge < -0.3 is 10.1 Å². The van der Waals surface area contributed by atoms with Crippen LogP contribution in [-0.2, 0) is 19.6 Å². The predicted molar refractivity (Wildman–Crippen MR) is 94.5 cm³/mol. The molecule has 1 aromatic rings. The fourth-order valence-corrected chi connectivity index (χ4v) is 3.58. The minimum Gasteiger partial charge on any atom is -0.381 e. The average Bonchev–Trinajstić information content (AvgIpc) is 3.02. The highest BCUT2D eigenvalue weighted by atomic mass is 32.2. The Hall–Kier alpha value is -1.60. The first kappa shape index (κ1) is 18.7. The SMILES string of the molecule is Cc1ccc(N(CC(=O)NCCCC2CCOC2)S(C)(=O)=O)cc1. The molecule has 7 heteroatoms. The van der Waals surface area contributed by atoms with Crippen LogP contribution < -0.4 is 9.62 Å². The maximum absolute atomic E-state index is 12.1. The minimum atomic E-state index is -3.51. The topological polar surface area (TPSA) is 75.7 Å². The van der Waals surface area contributed by atoms with Gasteiger partial charge in [-0.2, -0.15) is 0 Å². The van der Waals surface area contributed by atoms with Gasteiger partial charge in [0, 0.05) is 19.8 Å². The third-order valence-corrected chi connectivity index (χ3v) is 5.29. The van der Waals surface area contributed by atoms with Crippen molar-refractivity contribution >= 4 is 21.6 Å². The summed E-state index contributed by atoms with van der Waals surface area (Å²) in [6.45, 7) is 3.92. The highest BCUT2D eigenvalue weighted by Crippen LogP contribution is 2.18. The van der Waals surface area contributed by atoms with Crippen LogP contribution in [0.1, 0.15) is 24.8 Å². The van der Waals surface area contributed by atoms with Gasteiger partial charge >= 0.3 is 0 Å². The average molecular weight is 354 g/mol. The maximum atomic E-state index is 12.1. The second-order valence-corrected chi connectivity index (χ2v) is 8.23. The van der Waals surface area contributed by atoms with E-state index in [-0.39, 0.29) is 12.5 Å². The van der Waals surface area contributed by atoms with E-state index in [9.17, 15) is 13.2 Å². The summed E-state index contributed by atoms with van der Waals surface area (Å²) < 4.78 is 30.4. The van der Waals surface area contributed by atoms with Crippen LogP contribution >= 0.6 is 0 Å². The molecule has 1 atom stereocenters. The summed E-state index contributed by atoms with van der Waals surface area (Å²) in [5.74, 6) is 0.297. The van der Waals surface area contributed by atoms with E-state index < -0.39 is 10.0 Å². The van der Waals surface area contributed by atoms with E-state index in [1.54, 1.807) is 12.1 Å². The van der Waals surface area contributed by atoms with Gasteiger partial charge in [-0.25, -0.2) is 8.42 Å². The van der Waals surface area contributed by atoms with Crippen molar-refractivity contribution in [3.8, 4) is 0 Å². The van der Waals surface area contributed by atoms with Gasteiger partial charge in [0.2, 0.25) is 15.9 Å². The largest absolute Gasteiger partial charge is 0.381 e. The van der Waals surface area contributed by atoms with Crippen molar-refractivity contribution < 1.29 is 17.9 Å². The van der Waals surface area contributed by atoms with Crippen molar-refractivity contribution in [2.45, 2.75) is 26.2 Å².